The molecule has 0 saturated carbocycles. The molecule has 0 bridgehead atoms. The third kappa shape index (κ3) is 2.49. The Labute approximate surface area is 92.9 Å². The second-order valence-corrected chi connectivity index (χ2v) is 6.15. The Morgan fingerprint density at radius 3 is 1.80 bits per heavy atom. The summed E-state index contributed by atoms with van der Waals surface area (Å²) in [5, 5.41) is 0. The summed E-state index contributed by atoms with van der Waals surface area (Å²) in [5.74, 6) is 0. The summed E-state index contributed by atoms with van der Waals surface area (Å²) in [6.07, 6.45) is 3.69. The molecule has 0 saturated heterocycles. The van der Waals surface area contributed by atoms with Crippen LogP contribution in [0, 0.1) is 0 Å². The summed E-state index contributed by atoms with van der Waals surface area (Å²) in [6.45, 7) is 13.1. The van der Waals surface area contributed by atoms with Gasteiger partial charge in [-0.3, -0.25) is 4.98 Å². The van der Waals surface area contributed by atoms with Crippen LogP contribution < -0.4 is 5.73 Å². The molecule has 2 heteroatoms. The van der Waals surface area contributed by atoms with Crippen LogP contribution >= 0.6 is 0 Å². The van der Waals surface area contributed by atoms with Crippen molar-refractivity contribution in [3.05, 3.63) is 23.5 Å². The SMILES string of the molecule is CC(C)(C)c1cncc(N)c1C(C)(C)C. The summed E-state index contributed by atoms with van der Waals surface area (Å²) in [5.41, 5.74) is 9.47. The maximum absolute atomic E-state index is 6.04. The molecule has 0 amide bonds. The second kappa shape index (κ2) is 3.51. The molecule has 0 aliphatic rings. The Bertz CT molecular complexity index is 354. The van der Waals surface area contributed by atoms with Crippen molar-refractivity contribution in [1.82, 2.24) is 4.98 Å². The zero-order valence-corrected chi connectivity index (χ0v) is 10.7. The largest absolute Gasteiger partial charge is 0.397 e. The molecular weight excluding hydrogens is 184 g/mol. The van der Waals surface area contributed by atoms with Crippen LogP contribution in [0.1, 0.15) is 52.7 Å². The van der Waals surface area contributed by atoms with Crippen LogP contribution in [0.3, 0.4) is 0 Å². The van der Waals surface area contributed by atoms with E-state index in [1.165, 1.54) is 11.1 Å². The van der Waals surface area contributed by atoms with Crippen LogP contribution in [0.15, 0.2) is 12.4 Å². The fourth-order valence-electron chi connectivity index (χ4n) is 1.88. The molecule has 1 aromatic heterocycles. The van der Waals surface area contributed by atoms with Gasteiger partial charge in [-0.15, -0.1) is 0 Å². The van der Waals surface area contributed by atoms with E-state index in [1.807, 2.05) is 6.20 Å². The van der Waals surface area contributed by atoms with Gasteiger partial charge >= 0.3 is 0 Å². The quantitative estimate of drug-likeness (QED) is 0.707. The number of nitrogens with two attached hydrogens (primary N) is 1. The zero-order valence-electron chi connectivity index (χ0n) is 10.7. The normalized spacial score (nSPS) is 12.9. The minimum Gasteiger partial charge on any atom is -0.397 e. The monoisotopic (exact) mass is 206 g/mol. The third-order valence-electron chi connectivity index (χ3n) is 2.53. The van der Waals surface area contributed by atoms with E-state index in [4.69, 9.17) is 5.73 Å². The van der Waals surface area contributed by atoms with Gasteiger partial charge < -0.3 is 5.73 Å². The average molecular weight is 206 g/mol. The summed E-state index contributed by atoms with van der Waals surface area (Å²) in [7, 11) is 0. The van der Waals surface area contributed by atoms with Gasteiger partial charge in [-0.1, -0.05) is 41.5 Å². The molecule has 2 nitrogen and oxygen atoms in total. The van der Waals surface area contributed by atoms with Crippen LogP contribution in [0.2, 0.25) is 0 Å². The minimum absolute atomic E-state index is 0.0651. The van der Waals surface area contributed by atoms with E-state index in [1.54, 1.807) is 6.20 Å². The molecule has 15 heavy (non-hydrogen) atoms. The third-order valence-corrected chi connectivity index (χ3v) is 2.53. The molecule has 0 fully saturated rings. The predicted octanol–water partition coefficient (Wildman–Crippen LogP) is 3.26. The first kappa shape index (κ1) is 12.0. The highest BCUT2D eigenvalue weighted by molar-refractivity contribution is 5.54. The Morgan fingerprint density at radius 2 is 1.47 bits per heavy atom. The smallest absolute Gasteiger partial charge is 0.0541 e. The van der Waals surface area contributed by atoms with Crippen molar-refractivity contribution in [2.24, 2.45) is 0 Å². The molecule has 0 aliphatic carbocycles. The van der Waals surface area contributed by atoms with Crippen molar-refractivity contribution in [1.29, 1.82) is 0 Å². The van der Waals surface area contributed by atoms with Crippen molar-refractivity contribution in [2.45, 2.75) is 52.4 Å². The molecule has 1 aromatic rings. The Morgan fingerprint density at radius 1 is 0.933 bits per heavy atom. The van der Waals surface area contributed by atoms with E-state index in [9.17, 15) is 0 Å². The zero-order chi connectivity index (χ0) is 11.9. The lowest BCUT2D eigenvalue weighted by Crippen LogP contribution is -2.23. The standard InChI is InChI=1S/C13H22N2/c1-12(2,3)9-7-15-8-10(14)11(9)13(4,5)6/h7-8H,14H2,1-6H3. The summed E-state index contributed by atoms with van der Waals surface area (Å²) >= 11 is 0. The number of rotatable bonds is 0. The van der Waals surface area contributed by atoms with Crippen LogP contribution in [0.25, 0.3) is 0 Å². The maximum Gasteiger partial charge on any atom is 0.0541 e. The van der Waals surface area contributed by atoms with E-state index in [0.717, 1.165) is 5.69 Å². The second-order valence-electron chi connectivity index (χ2n) is 6.15. The molecule has 2 N–H and O–H groups in total. The van der Waals surface area contributed by atoms with Crippen LogP contribution in [0.5, 0.6) is 0 Å². The fourth-order valence-corrected chi connectivity index (χ4v) is 1.88. The lowest BCUT2D eigenvalue weighted by molar-refractivity contribution is 0.529. The van der Waals surface area contributed by atoms with E-state index < -0.39 is 0 Å². The highest BCUT2D eigenvalue weighted by Crippen LogP contribution is 2.36. The minimum atomic E-state index is 0.0651. The highest BCUT2D eigenvalue weighted by Gasteiger charge is 2.27. The number of hydrogen-bond acceptors (Lipinski definition) is 2. The van der Waals surface area contributed by atoms with E-state index >= 15 is 0 Å². The molecule has 1 rings (SSSR count). The maximum atomic E-state index is 6.04. The Kier molecular flexibility index (Phi) is 2.81. The first-order chi connectivity index (χ1) is 6.64. The first-order valence-electron chi connectivity index (χ1n) is 5.38. The van der Waals surface area contributed by atoms with Crippen molar-refractivity contribution in [3.63, 3.8) is 0 Å². The Hall–Kier alpha value is -1.05. The fraction of sp³-hybridized carbons (Fsp3) is 0.615. The van der Waals surface area contributed by atoms with Crippen molar-refractivity contribution < 1.29 is 0 Å². The van der Waals surface area contributed by atoms with Crippen LogP contribution in [-0.4, -0.2) is 4.98 Å². The molecule has 0 atom stereocenters. The van der Waals surface area contributed by atoms with E-state index in [0.29, 0.717) is 0 Å². The van der Waals surface area contributed by atoms with Gasteiger partial charge in [0.25, 0.3) is 0 Å². The number of hydrogen-bond donors (Lipinski definition) is 1. The van der Waals surface area contributed by atoms with E-state index in [2.05, 4.69) is 46.5 Å². The molecule has 0 aromatic carbocycles. The first-order valence-corrected chi connectivity index (χ1v) is 5.38. The highest BCUT2D eigenvalue weighted by atomic mass is 14.7. The van der Waals surface area contributed by atoms with Gasteiger partial charge in [-0.05, 0) is 22.0 Å². The van der Waals surface area contributed by atoms with Gasteiger partial charge in [0.15, 0.2) is 0 Å². The lowest BCUT2D eigenvalue weighted by atomic mass is 9.75. The van der Waals surface area contributed by atoms with E-state index in [-0.39, 0.29) is 10.8 Å². The number of nitrogen functional groups attached to an aromatic ring is 1. The van der Waals surface area contributed by atoms with Gasteiger partial charge in [-0.2, -0.15) is 0 Å². The summed E-state index contributed by atoms with van der Waals surface area (Å²) in [6, 6.07) is 0. The number of aromatic nitrogens is 1. The van der Waals surface area contributed by atoms with Gasteiger partial charge in [0.2, 0.25) is 0 Å². The summed E-state index contributed by atoms with van der Waals surface area (Å²) in [4.78, 5) is 4.20. The van der Waals surface area contributed by atoms with Crippen LogP contribution in [-0.2, 0) is 10.8 Å². The summed E-state index contributed by atoms with van der Waals surface area (Å²) < 4.78 is 0. The molecule has 0 unspecified atom stereocenters. The average Bonchev–Trinajstić information content (AvgIpc) is 1.99. The molecule has 0 radical (unpaired) electrons. The van der Waals surface area contributed by atoms with Crippen molar-refractivity contribution >= 4 is 5.69 Å². The van der Waals surface area contributed by atoms with Crippen molar-refractivity contribution in [3.8, 4) is 0 Å². The molecule has 0 aliphatic heterocycles. The lowest BCUT2D eigenvalue weighted by Gasteiger charge is -2.30. The molecule has 84 valence electrons. The number of pyridine rings is 1. The van der Waals surface area contributed by atoms with Crippen molar-refractivity contribution in [2.75, 3.05) is 5.73 Å². The van der Waals surface area contributed by atoms with Gasteiger partial charge in [0.05, 0.1) is 11.9 Å². The number of anilines is 1. The van der Waals surface area contributed by atoms with Gasteiger partial charge in [0, 0.05) is 6.20 Å². The molecule has 0 spiro atoms. The van der Waals surface area contributed by atoms with Gasteiger partial charge in [-0.25, -0.2) is 0 Å². The molecule has 1 heterocycles. The molecular formula is C13H22N2. The topological polar surface area (TPSA) is 38.9 Å². The number of nitrogens with zero attached hydrogens (tertiary/aromatic N) is 1. The Balaban J connectivity index is 3.48. The predicted molar refractivity (Wildman–Crippen MR) is 66.0 cm³/mol. The van der Waals surface area contributed by atoms with Gasteiger partial charge in [0.1, 0.15) is 0 Å². The van der Waals surface area contributed by atoms with Crippen LogP contribution in [0.4, 0.5) is 5.69 Å².